The third kappa shape index (κ3) is 4.52. The Bertz CT molecular complexity index is 621. The predicted molar refractivity (Wildman–Crippen MR) is 77.6 cm³/mol. The molecule has 1 aromatic rings. The maximum atomic E-state index is 12.1. The number of rotatable bonds is 4. The van der Waals surface area contributed by atoms with Gasteiger partial charge in [0.2, 0.25) is 0 Å². The topological polar surface area (TPSA) is 81.7 Å². The molecule has 1 rings (SSSR count). The van der Waals surface area contributed by atoms with Crippen molar-refractivity contribution in [1.29, 1.82) is 0 Å². The summed E-state index contributed by atoms with van der Waals surface area (Å²) in [6, 6.07) is 3.48. The molecule has 118 valence electrons. The van der Waals surface area contributed by atoms with Crippen molar-refractivity contribution in [2.45, 2.75) is 46.4 Å². The molecule has 0 atom stereocenters. The zero-order valence-corrected chi connectivity index (χ0v) is 13.9. The fourth-order valence-corrected chi connectivity index (χ4v) is 2.97. The van der Waals surface area contributed by atoms with Gasteiger partial charge in [0, 0.05) is 0 Å². The SMILES string of the molecule is Cc1cc(C)c(S(=O)(=O)ONOC(=O)C(C)(C)C)c(C)c1. The number of hydrogen-bond donors (Lipinski definition) is 1. The summed E-state index contributed by atoms with van der Waals surface area (Å²) in [7, 11) is -4.07. The molecule has 0 saturated heterocycles. The standard InChI is InChI=1S/C14H21NO5S/c1-9-7-10(2)12(11(3)8-9)21(17,18)20-15-19-13(16)14(4,5)6/h7-8,15H,1-6H3. The van der Waals surface area contributed by atoms with E-state index in [1.807, 2.05) is 6.92 Å². The van der Waals surface area contributed by atoms with E-state index in [0.29, 0.717) is 11.1 Å². The molecule has 1 aromatic carbocycles. The molecule has 0 saturated carbocycles. The molecule has 0 amide bonds. The van der Waals surface area contributed by atoms with Crippen molar-refractivity contribution >= 4 is 16.1 Å². The average Bonchev–Trinajstić information content (AvgIpc) is 2.24. The Kier molecular flexibility index (Phi) is 5.14. The summed E-state index contributed by atoms with van der Waals surface area (Å²) >= 11 is 0. The van der Waals surface area contributed by atoms with E-state index < -0.39 is 21.5 Å². The lowest BCUT2D eigenvalue weighted by molar-refractivity contribution is -0.179. The number of hydrogen-bond acceptors (Lipinski definition) is 6. The zero-order valence-electron chi connectivity index (χ0n) is 13.1. The summed E-state index contributed by atoms with van der Waals surface area (Å²) in [5.74, 6) is -0.630. The minimum Gasteiger partial charge on any atom is -0.344 e. The van der Waals surface area contributed by atoms with Crippen molar-refractivity contribution in [3.63, 3.8) is 0 Å². The van der Waals surface area contributed by atoms with Gasteiger partial charge < -0.3 is 4.84 Å². The molecule has 0 spiro atoms. The molecule has 7 heteroatoms. The van der Waals surface area contributed by atoms with E-state index in [-0.39, 0.29) is 4.90 Å². The third-order valence-electron chi connectivity index (χ3n) is 2.75. The summed E-state index contributed by atoms with van der Waals surface area (Å²) in [6.45, 7) is 10.1. The fourth-order valence-electron chi connectivity index (χ4n) is 1.86. The Morgan fingerprint density at radius 3 is 2.00 bits per heavy atom. The molecule has 0 aliphatic rings. The largest absolute Gasteiger partial charge is 0.344 e. The van der Waals surface area contributed by atoms with E-state index in [0.717, 1.165) is 5.56 Å². The molecule has 0 unspecified atom stereocenters. The number of aryl methyl sites for hydroxylation is 3. The highest BCUT2D eigenvalue weighted by Gasteiger charge is 2.26. The van der Waals surface area contributed by atoms with Gasteiger partial charge in [0.05, 0.1) is 5.41 Å². The second-order valence-corrected chi connectivity index (χ2v) is 7.47. The molecule has 0 aliphatic heterocycles. The van der Waals surface area contributed by atoms with Crippen LogP contribution in [0.5, 0.6) is 0 Å². The highest BCUT2D eigenvalue weighted by Crippen LogP contribution is 2.23. The first-order chi connectivity index (χ1) is 9.45. The molecule has 0 heterocycles. The Balaban J connectivity index is 2.87. The zero-order chi connectivity index (χ0) is 16.4. The van der Waals surface area contributed by atoms with Gasteiger partial charge in [-0.2, -0.15) is 8.42 Å². The monoisotopic (exact) mass is 315 g/mol. The Morgan fingerprint density at radius 1 is 1.10 bits per heavy atom. The molecule has 0 bridgehead atoms. The van der Waals surface area contributed by atoms with Crippen molar-refractivity contribution in [2.75, 3.05) is 0 Å². The van der Waals surface area contributed by atoms with Crippen molar-refractivity contribution < 1.29 is 22.3 Å². The Labute approximate surface area is 125 Å². The first-order valence-electron chi connectivity index (χ1n) is 6.43. The van der Waals surface area contributed by atoms with Crippen LogP contribution in [0.3, 0.4) is 0 Å². The van der Waals surface area contributed by atoms with Crippen LogP contribution in [-0.2, 0) is 24.0 Å². The molecular weight excluding hydrogens is 294 g/mol. The van der Waals surface area contributed by atoms with E-state index in [2.05, 4.69) is 9.12 Å². The van der Waals surface area contributed by atoms with Crippen molar-refractivity contribution in [2.24, 2.45) is 5.41 Å². The van der Waals surface area contributed by atoms with Gasteiger partial charge in [-0.25, -0.2) is 4.79 Å². The van der Waals surface area contributed by atoms with E-state index in [1.54, 1.807) is 52.4 Å². The second kappa shape index (κ2) is 6.13. The van der Waals surface area contributed by atoms with Crippen LogP contribution in [0, 0.1) is 26.2 Å². The molecule has 0 fully saturated rings. The average molecular weight is 315 g/mol. The summed E-state index contributed by atoms with van der Waals surface area (Å²) < 4.78 is 28.8. The maximum Gasteiger partial charge on any atom is 0.333 e. The number of benzene rings is 1. The minimum atomic E-state index is -4.07. The van der Waals surface area contributed by atoms with Gasteiger partial charge in [0.25, 0.3) is 0 Å². The van der Waals surface area contributed by atoms with Crippen molar-refractivity contribution in [3.05, 3.63) is 28.8 Å². The van der Waals surface area contributed by atoms with E-state index in [4.69, 9.17) is 0 Å². The molecule has 1 N–H and O–H groups in total. The molecule has 0 aliphatic carbocycles. The predicted octanol–water partition coefficient (Wildman–Crippen LogP) is 2.33. The Morgan fingerprint density at radius 2 is 1.57 bits per heavy atom. The van der Waals surface area contributed by atoms with Gasteiger partial charge >= 0.3 is 16.1 Å². The molecule has 0 radical (unpaired) electrons. The quantitative estimate of drug-likeness (QED) is 0.859. The smallest absolute Gasteiger partial charge is 0.333 e. The maximum absolute atomic E-state index is 12.1. The van der Waals surface area contributed by atoms with Crippen LogP contribution in [0.25, 0.3) is 0 Å². The van der Waals surface area contributed by atoms with E-state index in [9.17, 15) is 13.2 Å². The minimum absolute atomic E-state index is 0.0624. The Hall–Kier alpha value is -1.44. The van der Waals surface area contributed by atoms with Gasteiger partial charge in [-0.1, -0.05) is 17.7 Å². The summed E-state index contributed by atoms with van der Waals surface area (Å²) in [6.07, 6.45) is 0. The highest BCUT2D eigenvalue weighted by molar-refractivity contribution is 7.86. The normalized spacial score (nSPS) is 12.3. The number of carbonyl (C=O) groups is 1. The number of carbonyl (C=O) groups excluding carboxylic acids is 1. The van der Waals surface area contributed by atoms with Gasteiger partial charge in [-0.05, 0) is 58.3 Å². The van der Waals surface area contributed by atoms with Crippen LogP contribution in [0.1, 0.15) is 37.5 Å². The van der Waals surface area contributed by atoms with Crippen LogP contribution in [0.2, 0.25) is 0 Å². The van der Waals surface area contributed by atoms with Crippen LogP contribution < -0.4 is 5.64 Å². The lowest BCUT2D eigenvalue weighted by Crippen LogP contribution is -2.31. The summed E-state index contributed by atoms with van der Waals surface area (Å²) in [4.78, 5) is 16.1. The lowest BCUT2D eigenvalue weighted by atomic mass is 9.98. The first-order valence-corrected chi connectivity index (χ1v) is 7.83. The van der Waals surface area contributed by atoms with Crippen molar-refractivity contribution in [1.82, 2.24) is 5.64 Å². The van der Waals surface area contributed by atoms with Crippen LogP contribution in [-0.4, -0.2) is 14.4 Å². The van der Waals surface area contributed by atoms with Gasteiger partial charge in [0.1, 0.15) is 4.90 Å². The summed E-state index contributed by atoms with van der Waals surface area (Å²) in [5.41, 5.74) is 3.08. The fraction of sp³-hybridized carbons (Fsp3) is 0.500. The first kappa shape index (κ1) is 17.6. The second-order valence-electron chi connectivity index (χ2n) is 5.99. The molecular formula is C14H21NO5S. The molecule has 0 aromatic heterocycles. The third-order valence-corrected chi connectivity index (χ3v) is 4.18. The van der Waals surface area contributed by atoms with Crippen LogP contribution in [0.15, 0.2) is 17.0 Å². The molecule has 6 nitrogen and oxygen atoms in total. The van der Waals surface area contributed by atoms with Gasteiger partial charge in [0.15, 0.2) is 0 Å². The van der Waals surface area contributed by atoms with Gasteiger partial charge in [-0.3, -0.25) is 0 Å². The van der Waals surface area contributed by atoms with Crippen molar-refractivity contribution in [3.8, 4) is 0 Å². The van der Waals surface area contributed by atoms with E-state index in [1.165, 1.54) is 0 Å². The van der Waals surface area contributed by atoms with Crippen LogP contribution >= 0.6 is 0 Å². The summed E-state index contributed by atoms with van der Waals surface area (Å²) in [5, 5.41) is 0. The highest BCUT2D eigenvalue weighted by atomic mass is 32.2. The molecule has 21 heavy (non-hydrogen) atoms. The van der Waals surface area contributed by atoms with Gasteiger partial charge in [-0.15, -0.1) is 4.28 Å². The number of nitrogens with one attached hydrogen (secondary N) is 1. The van der Waals surface area contributed by atoms with E-state index >= 15 is 0 Å². The van der Waals surface area contributed by atoms with Crippen LogP contribution in [0.4, 0.5) is 0 Å². The lowest BCUT2D eigenvalue weighted by Gasteiger charge is -2.16.